The Labute approximate surface area is 185 Å². The topological polar surface area (TPSA) is 100 Å². The van der Waals surface area contributed by atoms with Crippen molar-refractivity contribution in [3.05, 3.63) is 82.2 Å². The van der Waals surface area contributed by atoms with Crippen molar-refractivity contribution < 1.29 is 0 Å². The zero-order chi connectivity index (χ0) is 21.7. The van der Waals surface area contributed by atoms with Crippen molar-refractivity contribution in [2.75, 3.05) is 0 Å². The lowest BCUT2D eigenvalue weighted by atomic mass is 10.1. The Morgan fingerprint density at radius 2 is 1.91 bits per heavy atom. The molecule has 0 saturated heterocycles. The standard InChI is InChI=1S/C24H16N6OS/c1-13-4-7-19(32-13)21-20(15-5-6-17-14(11-15)3-2-9-25-17)28-22-23(31)16(12-26-24(22)29-21)18-8-10-27-30-18/h2-12H,1H3,(H,27,30)(H,26,29,31). The molecule has 1 aromatic carbocycles. The van der Waals surface area contributed by atoms with Crippen LogP contribution in [0.15, 0.2) is 71.9 Å². The van der Waals surface area contributed by atoms with E-state index < -0.39 is 0 Å². The number of nitrogens with zero attached hydrogens (tertiary/aromatic N) is 4. The number of benzene rings is 1. The molecule has 0 radical (unpaired) electrons. The summed E-state index contributed by atoms with van der Waals surface area (Å²) >= 11 is 1.65. The van der Waals surface area contributed by atoms with Crippen LogP contribution in [0.4, 0.5) is 0 Å². The lowest BCUT2D eigenvalue weighted by molar-refractivity contribution is 1.09. The quantitative estimate of drug-likeness (QED) is 0.408. The molecule has 154 valence electrons. The maximum atomic E-state index is 13.3. The molecule has 0 spiro atoms. The highest BCUT2D eigenvalue weighted by Crippen LogP contribution is 2.35. The van der Waals surface area contributed by atoms with Crippen LogP contribution in [0.1, 0.15) is 4.88 Å². The number of hydrogen-bond donors (Lipinski definition) is 2. The number of hydrogen-bond acceptors (Lipinski definition) is 6. The summed E-state index contributed by atoms with van der Waals surface area (Å²) < 4.78 is 0. The summed E-state index contributed by atoms with van der Waals surface area (Å²) in [6, 6.07) is 15.7. The molecule has 2 N–H and O–H groups in total. The molecule has 0 saturated carbocycles. The van der Waals surface area contributed by atoms with Gasteiger partial charge in [-0.15, -0.1) is 11.3 Å². The van der Waals surface area contributed by atoms with E-state index in [1.807, 2.05) is 36.4 Å². The molecule has 6 rings (SSSR count). The fraction of sp³-hybridized carbons (Fsp3) is 0.0417. The lowest BCUT2D eigenvalue weighted by Gasteiger charge is -2.10. The van der Waals surface area contributed by atoms with Crippen molar-refractivity contribution in [3.63, 3.8) is 0 Å². The third-order valence-corrected chi connectivity index (χ3v) is 6.36. The van der Waals surface area contributed by atoms with Crippen LogP contribution in [-0.2, 0) is 0 Å². The first-order chi connectivity index (χ1) is 15.7. The normalized spacial score (nSPS) is 11.4. The Balaban J connectivity index is 1.66. The van der Waals surface area contributed by atoms with Crippen LogP contribution in [0.5, 0.6) is 0 Å². The molecule has 32 heavy (non-hydrogen) atoms. The Morgan fingerprint density at radius 1 is 0.969 bits per heavy atom. The highest BCUT2D eigenvalue weighted by Gasteiger charge is 2.18. The van der Waals surface area contributed by atoms with Gasteiger partial charge >= 0.3 is 0 Å². The fourth-order valence-corrected chi connectivity index (χ4v) is 4.65. The highest BCUT2D eigenvalue weighted by molar-refractivity contribution is 7.15. The molecule has 5 heterocycles. The number of fused-ring (bicyclic) bond motifs is 2. The molecule has 0 fully saturated rings. The predicted molar refractivity (Wildman–Crippen MR) is 127 cm³/mol. The average Bonchev–Trinajstić information content (AvgIpc) is 3.50. The first-order valence-electron chi connectivity index (χ1n) is 10.0. The summed E-state index contributed by atoms with van der Waals surface area (Å²) in [4.78, 5) is 32.7. The van der Waals surface area contributed by atoms with E-state index in [1.54, 1.807) is 36.0 Å². The average molecular weight is 437 g/mol. The van der Waals surface area contributed by atoms with Gasteiger partial charge in [0.2, 0.25) is 5.43 Å². The van der Waals surface area contributed by atoms with Crippen LogP contribution in [0.25, 0.3) is 55.2 Å². The van der Waals surface area contributed by atoms with E-state index in [9.17, 15) is 4.79 Å². The first kappa shape index (κ1) is 18.6. The van der Waals surface area contributed by atoms with E-state index in [0.717, 1.165) is 27.0 Å². The van der Waals surface area contributed by atoms with E-state index in [-0.39, 0.29) is 10.9 Å². The molecule has 6 aromatic rings. The number of aromatic amines is 2. The van der Waals surface area contributed by atoms with Crippen molar-refractivity contribution in [3.8, 4) is 33.1 Å². The van der Waals surface area contributed by atoms with Crippen molar-refractivity contribution >= 4 is 33.4 Å². The molecule has 5 aromatic heterocycles. The smallest absolute Gasteiger partial charge is 0.218 e. The maximum absolute atomic E-state index is 13.3. The molecular formula is C24H16N6OS. The molecule has 0 aliphatic carbocycles. The minimum Gasteiger partial charge on any atom is -0.344 e. The van der Waals surface area contributed by atoms with Crippen molar-refractivity contribution in [2.24, 2.45) is 0 Å². The van der Waals surface area contributed by atoms with Crippen LogP contribution >= 0.6 is 11.3 Å². The van der Waals surface area contributed by atoms with Gasteiger partial charge in [0.1, 0.15) is 5.69 Å². The first-order valence-corrected chi connectivity index (χ1v) is 10.8. The highest BCUT2D eigenvalue weighted by atomic mass is 32.1. The second-order valence-corrected chi connectivity index (χ2v) is 8.73. The van der Waals surface area contributed by atoms with Gasteiger partial charge in [-0.3, -0.25) is 14.9 Å². The van der Waals surface area contributed by atoms with Gasteiger partial charge in [0, 0.05) is 34.4 Å². The largest absolute Gasteiger partial charge is 0.344 e. The van der Waals surface area contributed by atoms with Crippen LogP contribution in [0.3, 0.4) is 0 Å². The zero-order valence-electron chi connectivity index (χ0n) is 17.0. The van der Waals surface area contributed by atoms with Gasteiger partial charge in [0.05, 0.1) is 27.3 Å². The number of pyridine rings is 2. The summed E-state index contributed by atoms with van der Waals surface area (Å²) in [6.07, 6.45) is 5.04. The van der Waals surface area contributed by atoms with Gasteiger partial charge in [-0.05, 0) is 43.3 Å². The molecule has 8 heteroatoms. The summed E-state index contributed by atoms with van der Waals surface area (Å²) in [6.45, 7) is 2.06. The molecule has 0 amide bonds. The van der Waals surface area contributed by atoms with E-state index in [2.05, 4.69) is 33.2 Å². The molecule has 0 bridgehead atoms. The number of aromatic nitrogens is 6. The van der Waals surface area contributed by atoms with Crippen LogP contribution in [0.2, 0.25) is 0 Å². The number of nitrogens with one attached hydrogen (secondary N) is 2. The minimum absolute atomic E-state index is 0.201. The molecule has 7 nitrogen and oxygen atoms in total. The van der Waals surface area contributed by atoms with Gasteiger partial charge in [0.25, 0.3) is 0 Å². The Morgan fingerprint density at radius 3 is 2.72 bits per heavy atom. The van der Waals surface area contributed by atoms with E-state index >= 15 is 0 Å². The van der Waals surface area contributed by atoms with Crippen molar-refractivity contribution in [1.29, 1.82) is 0 Å². The number of thiophene rings is 1. The van der Waals surface area contributed by atoms with Crippen LogP contribution in [0, 0.1) is 6.92 Å². The number of H-pyrrole nitrogens is 2. The Kier molecular flexibility index (Phi) is 4.19. The van der Waals surface area contributed by atoms with Crippen LogP contribution in [-0.4, -0.2) is 30.1 Å². The Bertz CT molecular complexity index is 1670. The van der Waals surface area contributed by atoms with E-state index in [0.29, 0.717) is 22.6 Å². The molecule has 0 unspecified atom stereocenters. The SMILES string of the molecule is Cc1ccc(-c2nc3[nH]cc(-c4ccn[nH]4)c(=O)c3nc2-c2ccc3ncccc3c2)s1. The van der Waals surface area contributed by atoms with Crippen LogP contribution < -0.4 is 5.43 Å². The molecule has 0 atom stereocenters. The molecule has 0 aliphatic rings. The molecular weight excluding hydrogens is 420 g/mol. The van der Waals surface area contributed by atoms with Gasteiger partial charge in [-0.25, -0.2) is 9.97 Å². The zero-order valence-corrected chi connectivity index (χ0v) is 17.8. The summed E-state index contributed by atoms with van der Waals surface area (Å²) in [5, 5.41) is 7.79. The van der Waals surface area contributed by atoms with Crippen molar-refractivity contribution in [1.82, 2.24) is 30.1 Å². The minimum atomic E-state index is -0.201. The summed E-state index contributed by atoms with van der Waals surface area (Å²) in [5.74, 6) is 0. The molecule has 0 aliphatic heterocycles. The summed E-state index contributed by atoms with van der Waals surface area (Å²) in [5.41, 5.74) is 4.82. The van der Waals surface area contributed by atoms with E-state index in [4.69, 9.17) is 9.97 Å². The maximum Gasteiger partial charge on any atom is 0.218 e. The predicted octanol–water partition coefficient (Wildman–Crippen LogP) is 4.96. The third-order valence-electron chi connectivity index (χ3n) is 5.35. The number of rotatable bonds is 3. The lowest BCUT2D eigenvalue weighted by Crippen LogP contribution is -2.11. The number of aryl methyl sites for hydroxylation is 1. The third kappa shape index (κ3) is 3.00. The van der Waals surface area contributed by atoms with Gasteiger partial charge in [-0.1, -0.05) is 12.1 Å². The van der Waals surface area contributed by atoms with Gasteiger partial charge < -0.3 is 4.98 Å². The van der Waals surface area contributed by atoms with Gasteiger partial charge in [-0.2, -0.15) is 5.10 Å². The second-order valence-electron chi connectivity index (χ2n) is 7.44. The monoisotopic (exact) mass is 436 g/mol. The Hall–Kier alpha value is -4.17. The summed E-state index contributed by atoms with van der Waals surface area (Å²) in [7, 11) is 0. The fourth-order valence-electron chi connectivity index (χ4n) is 3.79. The van der Waals surface area contributed by atoms with E-state index in [1.165, 1.54) is 4.88 Å². The van der Waals surface area contributed by atoms with Crippen molar-refractivity contribution in [2.45, 2.75) is 6.92 Å². The second kappa shape index (κ2) is 7.21. The van der Waals surface area contributed by atoms with Gasteiger partial charge in [0.15, 0.2) is 11.2 Å².